The fourth-order valence-corrected chi connectivity index (χ4v) is 2.86. The molecule has 2 aromatic rings. The Hall–Kier alpha value is -1.91. The van der Waals surface area contributed by atoms with Crippen LogP contribution in [0.15, 0.2) is 12.4 Å². The van der Waals surface area contributed by atoms with Gasteiger partial charge in [-0.25, -0.2) is 15.0 Å². The van der Waals surface area contributed by atoms with Crippen LogP contribution in [0.2, 0.25) is 0 Å². The van der Waals surface area contributed by atoms with E-state index in [1.165, 1.54) is 24.2 Å². The molecule has 0 unspecified atom stereocenters. The van der Waals surface area contributed by atoms with Gasteiger partial charge >= 0.3 is 0 Å². The summed E-state index contributed by atoms with van der Waals surface area (Å²) in [6.07, 6.45) is 7.79. The maximum absolute atomic E-state index is 4.62. The highest BCUT2D eigenvalue weighted by Crippen LogP contribution is 2.20. The van der Waals surface area contributed by atoms with Gasteiger partial charge in [-0.1, -0.05) is 6.92 Å². The largest absolute Gasteiger partial charge is 0.370 e. The molecule has 2 heterocycles. The number of aryl methyl sites for hydroxylation is 2. The van der Waals surface area contributed by atoms with Gasteiger partial charge in [0, 0.05) is 24.0 Å². The molecule has 0 aromatic carbocycles. The second kappa shape index (κ2) is 6.24. The van der Waals surface area contributed by atoms with E-state index in [1.807, 2.05) is 19.3 Å². The highest BCUT2D eigenvalue weighted by molar-refractivity contribution is 5.35. The van der Waals surface area contributed by atoms with Crippen LogP contribution in [0.1, 0.15) is 49.1 Å². The number of aromatic nitrogens is 4. The first-order chi connectivity index (χ1) is 10.3. The molecular weight excluding hydrogens is 262 g/mol. The second-order valence-electron chi connectivity index (χ2n) is 5.71. The van der Waals surface area contributed by atoms with Crippen LogP contribution in [0.25, 0.3) is 0 Å². The Labute approximate surface area is 125 Å². The van der Waals surface area contributed by atoms with Gasteiger partial charge in [0.05, 0.1) is 18.6 Å². The summed E-state index contributed by atoms with van der Waals surface area (Å²) >= 11 is 0. The molecule has 21 heavy (non-hydrogen) atoms. The van der Waals surface area contributed by atoms with Gasteiger partial charge in [0.15, 0.2) is 5.82 Å². The number of nitrogens with zero attached hydrogens (tertiary/aromatic N) is 4. The Morgan fingerprint density at radius 1 is 1.24 bits per heavy atom. The molecule has 0 atom stereocenters. The van der Waals surface area contributed by atoms with Crippen molar-refractivity contribution in [2.75, 3.05) is 11.9 Å². The number of hydrogen-bond acceptors (Lipinski definition) is 4. The molecule has 0 fully saturated rings. The van der Waals surface area contributed by atoms with Gasteiger partial charge in [0.2, 0.25) is 0 Å². The van der Waals surface area contributed by atoms with Crippen LogP contribution in [0.3, 0.4) is 0 Å². The normalized spacial score (nSPS) is 14.0. The third kappa shape index (κ3) is 3.23. The summed E-state index contributed by atoms with van der Waals surface area (Å²) in [7, 11) is 0. The van der Waals surface area contributed by atoms with Gasteiger partial charge in [-0.3, -0.25) is 0 Å². The molecule has 0 bridgehead atoms. The Morgan fingerprint density at radius 2 is 2.10 bits per heavy atom. The van der Waals surface area contributed by atoms with Crippen LogP contribution in [0.4, 0.5) is 5.82 Å². The lowest BCUT2D eigenvalue weighted by Gasteiger charge is -2.14. The molecule has 0 saturated heterocycles. The van der Waals surface area contributed by atoms with Crippen molar-refractivity contribution < 1.29 is 0 Å². The van der Waals surface area contributed by atoms with E-state index in [4.69, 9.17) is 0 Å². The number of fused-ring (bicyclic) bond motifs is 1. The van der Waals surface area contributed by atoms with Crippen LogP contribution < -0.4 is 5.32 Å². The molecule has 2 aromatic heterocycles. The third-order valence-electron chi connectivity index (χ3n) is 3.88. The van der Waals surface area contributed by atoms with Crippen molar-refractivity contribution in [3.63, 3.8) is 0 Å². The molecule has 5 heteroatoms. The zero-order valence-corrected chi connectivity index (χ0v) is 12.9. The Kier molecular flexibility index (Phi) is 4.18. The van der Waals surface area contributed by atoms with Gasteiger partial charge in [-0.15, -0.1) is 0 Å². The molecule has 0 amide bonds. The summed E-state index contributed by atoms with van der Waals surface area (Å²) < 4.78 is 2.22. The minimum absolute atomic E-state index is 0.713. The molecule has 5 nitrogen and oxygen atoms in total. The summed E-state index contributed by atoms with van der Waals surface area (Å²) in [5.74, 6) is 1.78. The van der Waals surface area contributed by atoms with Crippen LogP contribution in [-0.2, 0) is 19.4 Å². The van der Waals surface area contributed by atoms with Crippen molar-refractivity contribution >= 4 is 5.82 Å². The lowest BCUT2D eigenvalue weighted by atomic mass is 10.0. The lowest BCUT2D eigenvalue weighted by molar-refractivity contribution is 0.619. The fraction of sp³-hybridized carbons (Fsp3) is 0.562. The first kappa shape index (κ1) is 14.0. The summed E-state index contributed by atoms with van der Waals surface area (Å²) in [6.45, 7) is 5.83. The SMILES string of the molecule is CCCNc1cc(C)nc(Cn2cnc3c2CCCC3)n1. The molecule has 0 radical (unpaired) electrons. The van der Waals surface area contributed by atoms with Gasteiger partial charge < -0.3 is 9.88 Å². The molecule has 1 N–H and O–H groups in total. The van der Waals surface area contributed by atoms with Crippen molar-refractivity contribution in [1.82, 2.24) is 19.5 Å². The molecule has 1 aliphatic carbocycles. The Bertz CT molecular complexity index is 617. The second-order valence-corrected chi connectivity index (χ2v) is 5.71. The standard InChI is InChI=1S/C16H23N5/c1-3-8-17-15-9-12(2)19-16(20-15)10-21-11-18-13-6-4-5-7-14(13)21/h9,11H,3-8,10H2,1-2H3,(H,17,19,20). The van der Waals surface area contributed by atoms with Crippen LogP contribution in [0, 0.1) is 6.92 Å². The van der Waals surface area contributed by atoms with E-state index in [0.717, 1.165) is 43.1 Å². The first-order valence-electron chi connectivity index (χ1n) is 7.87. The van der Waals surface area contributed by atoms with Crippen LogP contribution in [-0.4, -0.2) is 26.1 Å². The zero-order chi connectivity index (χ0) is 14.7. The predicted molar refractivity (Wildman–Crippen MR) is 83.5 cm³/mol. The van der Waals surface area contributed by atoms with E-state index in [2.05, 4.69) is 31.8 Å². The molecule has 1 aliphatic rings. The molecule has 0 aliphatic heterocycles. The molecular formula is C16H23N5. The monoisotopic (exact) mass is 285 g/mol. The summed E-state index contributed by atoms with van der Waals surface area (Å²) in [5, 5.41) is 3.34. The predicted octanol–water partition coefficient (Wildman–Crippen LogP) is 2.73. The maximum atomic E-state index is 4.62. The van der Waals surface area contributed by atoms with E-state index in [1.54, 1.807) is 0 Å². The highest BCUT2D eigenvalue weighted by atomic mass is 15.1. The number of anilines is 1. The van der Waals surface area contributed by atoms with E-state index in [9.17, 15) is 0 Å². The topological polar surface area (TPSA) is 55.6 Å². The van der Waals surface area contributed by atoms with E-state index in [-0.39, 0.29) is 0 Å². The van der Waals surface area contributed by atoms with E-state index in [0.29, 0.717) is 6.54 Å². The van der Waals surface area contributed by atoms with Gasteiger partial charge in [0.1, 0.15) is 5.82 Å². The van der Waals surface area contributed by atoms with Crippen molar-refractivity contribution in [2.24, 2.45) is 0 Å². The lowest BCUT2D eigenvalue weighted by Crippen LogP contribution is -2.12. The van der Waals surface area contributed by atoms with Crippen molar-refractivity contribution in [1.29, 1.82) is 0 Å². The first-order valence-corrected chi connectivity index (χ1v) is 7.87. The van der Waals surface area contributed by atoms with Gasteiger partial charge in [0.25, 0.3) is 0 Å². The smallest absolute Gasteiger partial charge is 0.150 e. The average molecular weight is 285 g/mol. The number of hydrogen-bond donors (Lipinski definition) is 1. The minimum Gasteiger partial charge on any atom is -0.370 e. The van der Waals surface area contributed by atoms with Crippen molar-refractivity contribution in [3.05, 3.63) is 35.3 Å². The van der Waals surface area contributed by atoms with Gasteiger partial charge in [-0.05, 0) is 39.0 Å². The quantitative estimate of drug-likeness (QED) is 0.917. The average Bonchev–Trinajstić information content (AvgIpc) is 2.88. The number of imidazole rings is 1. The maximum Gasteiger partial charge on any atom is 0.150 e. The summed E-state index contributed by atoms with van der Waals surface area (Å²) in [4.78, 5) is 13.7. The summed E-state index contributed by atoms with van der Waals surface area (Å²) in [5.41, 5.74) is 3.64. The van der Waals surface area contributed by atoms with Gasteiger partial charge in [-0.2, -0.15) is 0 Å². The Morgan fingerprint density at radius 3 is 2.95 bits per heavy atom. The molecule has 112 valence electrons. The number of rotatable bonds is 5. The number of nitrogens with one attached hydrogen (secondary N) is 1. The van der Waals surface area contributed by atoms with E-state index < -0.39 is 0 Å². The molecule has 0 saturated carbocycles. The van der Waals surface area contributed by atoms with Crippen molar-refractivity contribution in [2.45, 2.75) is 52.5 Å². The van der Waals surface area contributed by atoms with E-state index >= 15 is 0 Å². The Balaban J connectivity index is 1.81. The summed E-state index contributed by atoms with van der Waals surface area (Å²) in [6, 6.07) is 2.00. The molecule has 3 rings (SSSR count). The minimum atomic E-state index is 0.713. The van der Waals surface area contributed by atoms with Crippen LogP contribution >= 0.6 is 0 Å². The zero-order valence-electron chi connectivity index (χ0n) is 12.9. The fourth-order valence-electron chi connectivity index (χ4n) is 2.86. The highest BCUT2D eigenvalue weighted by Gasteiger charge is 2.16. The van der Waals surface area contributed by atoms with Crippen LogP contribution in [0.5, 0.6) is 0 Å². The molecule has 0 spiro atoms. The third-order valence-corrected chi connectivity index (χ3v) is 3.88. The van der Waals surface area contributed by atoms with Crippen molar-refractivity contribution in [3.8, 4) is 0 Å².